The van der Waals surface area contributed by atoms with E-state index in [9.17, 15) is 10.1 Å². The molecule has 0 aliphatic heterocycles. The number of hydrogen-bond donors (Lipinski definition) is 0. The van der Waals surface area contributed by atoms with Crippen LogP contribution in [0, 0.1) is 24.0 Å². The Balaban J connectivity index is 2.03. The highest BCUT2D eigenvalue weighted by atomic mass is 35.5. The average Bonchev–Trinajstić information content (AvgIpc) is 2.86. The number of non-ortho nitro benzene ring substituents is 1. The number of hydrogen-bond acceptors (Lipinski definition) is 5. The van der Waals surface area contributed by atoms with Gasteiger partial charge in [0.15, 0.2) is 0 Å². The molecule has 27 heavy (non-hydrogen) atoms. The Hall–Kier alpha value is -2.48. The van der Waals surface area contributed by atoms with Crippen LogP contribution in [0.4, 0.5) is 17.1 Å². The standard InChI is InChI=1S/C17H12Cl3N5O2/c1-9-16(22-21-12-4-3-5-13(8-12)25(26)27)10(2)24(23-9)17-14(19)6-11(18)7-15(17)20/h3-8H,1-2H3. The van der Waals surface area contributed by atoms with E-state index in [4.69, 9.17) is 34.8 Å². The van der Waals surface area contributed by atoms with Crippen LogP contribution in [-0.4, -0.2) is 14.7 Å². The number of aromatic nitrogens is 2. The highest BCUT2D eigenvalue weighted by molar-refractivity contribution is 6.40. The number of benzene rings is 2. The molecule has 2 aromatic carbocycles. The van der Waals surface area contributed by atoms with Gasteiger partial charge >= 0.3 is 0 Å². The summed E-state index contributed by atoms with van der Waals surface area (Å²) in [6.07, 6.45) is 0. The first-order chi connectivity index (χ1) is 12.8. The van der Waals surface area contributed by atoms with Crippen molar-refractivity contribution in [3.63, 3.8) is 0 Å². The molecular formula is C17H12Cl3N5O2. The quantitative estimate of drug-likeness (QED) is 0.263. The molecule has 3 aromatic rings. The van der Waals surface area contributed by atoms with Gasteiger partial charge in [-0.05, 0) is 32.0 Å². The minimum Gasteiger partial charge on any atom is -0.258 e. The van der Waals surface area contributed by atoms with Gasteiger partial charge in [0.05, 0.1) is 32.0 Å². The van der Waals surface area contributed by atoms with E-state index in [0.717, 1.165) is 0 Å². The molecule has 0 atom stereocenters. The number of nitrogens with zero attached hydrogens (tertiary/aromatic N) is 5. The molecule has 0 spiro atoms. The van der Waals surface area contributed by atoms with Gasteiger partial charge in [0.25, 0.3) is 5.69 Å². The smallest absolute Gasteiger partial charge is 0.258 e. The van der Waals surface area contributed by atoms with Gasteiger partial charge in [-0.25, -0.2) is 4.68 Å². The van der Waals surface area contributed by atoms with E-state index in [1.165, 1.54) is 12.1 Å². The van der Waals surface area contributed by atoms with Crippen LogP contribution in [0.1, 0.15) is 11.4 Å². The highest BCUT2D eigenvalue weighted by Crippen LogP contribution is 2.36. The van der Waals surface area contributed by atoms with Crippen molar-refractivity contribution < 1.29 is 4.92 Å². The third kappa shape index (κ3) is 3.95. The van der Waals surface area contributed by atoms with Crippen LogP contribution < -0.4 is 0 Å². The topological polar surface area (TPSA) is 85.7 Å². The zero-order chi connectivity index (χ0) is 19.7. The molecule has 0 saturated heterocycles. The van der Waals surface area contributed by atoms with Crippen molar-refractivity contribution in [2.45, 2.75) is 13.8 Å². The average molecular weight is 425 g/mol. The predicted molar refractivity (Wildman–Crippen MR) is 105 cm³/mol. The zero-order valence-corrected chi connectivity index (χ0v) is 16.4. The molecule has 0 bridgehead atoms. The van der Waals surface area contributed by atoms with Crippen LogP contribution in [0.2, 0.25) is 15.1 Å². The molecule has 3 rings (SSSR count). The number of nitro groups is 1. The Morgan fingerprint density at radius 3 is 2.37 bits per heavy atom. The van der Waals surface area contributed by atoms with Crippen LogP contribution in [0.15, 0.2) is 46.6 Å². The minimum absolute atomic E-state index is 0.0599. The van der Waals surface area contributed by atoms with Crippen LogP contribution >= 0.6 is 34.8 Å². The number of rotatable bonds is 4. The predicted octanol–water partition coefficient (Wildman–Crippen LogP) is 6.77. The van der Waals surface area contributed by atoms with Crippen molar-refractivity contribution in [1.82, 2.24) is 9.78 Å². The summed E-state index contributed by atoms with van der Waals surface area (Å²) in [6.45, 7) is 3.56. The maximum Gasteiger partial charge on any atom is 0.271 e. The largest absolute Gasteiger partial charge is 0.271 e. The first kappa shape index (κ1) is 19.3. The molecule has 1 heterocycles. The lowest BCUT2D eigenvalue weighted by molar-refractivity contribution is -0.384. The summed E-state index contributed by atoms with van der Waals surface area (Å²) in [7, 11) is 0. The fourth-order valence-corrected chi connectivity index (χ4v) is 3.49. The summed E-state index contributed by atoms with van der Waals surface area (Å²) in [5.41, 5.74) is 2.56. The Morgan fingerprint density at radius 2 is 1.74 bits per heavy atom. The van der Waals surface area contributed by atoms with E-state index >= 15 is 0 Å². The lowest BCUT2D eigenvalue weighted by Gasteiger charge is -2.09. The summed E-state index contributed by atoms with van der Waals surface area (Å²) in [5, 5.41) is 24.7. The molecular weight excluding hydrogens is 413 g/mol. The van der Waals surface area contributed by atoms with Crippen molar-refractivity contribution in [2.75, 3.05) is 0 Å². The highest BCUT2D eigenvalue weighted by Gasteiger charge is 2.18. The number of azo groups is 1. The third-order valence-corrected chi connectivity index (χ3v) is 4.55. The fraction of sp³-hybridized carbons (Fsp3) is 0.118. The molecule has 1 aromatic heterocycles. The van der Waals surface area contributed by atoms with Gasteiger partial charge in [-0.2, -0.15) is 10.2 Å². The zero-order valence-electron chi connectivity index (χ0n) is 14.2. The second-order valence-electron chi connectivity index (χ2n) is 5.63. The molecule has 0 aliphatic carbocycles. The first-order valence-corrected chi connectivity index (χ1v) is 8.78. The van der Waals surface area contributed by atoms with Gasteiger partial charge < -0.3 is 0 Å². The first-order valence-electron chi connectivity index (χ1n) is 7.65. The second-order valence-corrected chi connectivity index (χ2v) is 6.88. The van der Waals surface area contributed by atoms with Gasteiger partial charge in [-0.15, -0.1) is 5.11 Å². The summed E-state index contributed by atoms with van der Waals surface area (Å²) in [4.78, 5) is 10.4. The van der Waals surface area contributed by atoms with E-state index in [1.54, 1.807) is 42.8 Å². The van der Waals surface area contributed by atoms with E-state index in [2.05, 4.69) is 15.3 Å². The number of aryl methyl sites for hydroxylation is 1. The monoisotopic (exact) mass is 423 g/mol. The molecule has 0 fully saturated rings. The summed E-state index contributed by atoms with van der Waals surface area (Å²) in [5.74, 6) is 0. The van der Waals surface area contributed by atoms with Crippen LogP contribution in [0.25, 0.3) is 5.69 Å². The molecule has 0 aliphatic rings. The van der Waals surface area contributed by atoms with Crippen molar-refractivity contribution in [2.24, 2.45) is 10.2 Å². The molecule has 10 heteroatoms. The van der Waals surface area contributed by atoms with Crippen LogP contribution in [0.3, 0.4) is 0 Å². The van der Waals surface area contributed by atoms with E-state index in [0.29, 0.717) is 43.5 Å². The summed E-state index contributed by atoms with van der Waals surface area (Å²) < 4.78 is 1.57. The minimum atomic E-state index is -0.488. The molecule has 0 unspecified atom stereocenters. The van der Waals surface area contributed by atoms with E-state index in [1.807, 2.05) is 0 Å². The summed E-state index contributed by atoms with van der Waals surface area (Å²) in [6, 6.07) is 9.04. The Kier molecular flexibility index (Phi) is 5.46. The van der Waals surface area contributed by atoms with Crippen molar-refractivity contribution in [3.05, 3.63) is 73.0 Å². The fourth-order valence-electron chi connectivity index (χ4n) is 2.51. The van der Waals surface area contributed by atoms with E-state index < -0.39 is 4.92 Å². The molecule has 0 radical (unpaired) electrons. The van der Waals surface area contributed by atoms with Gasteiger partial charge in [0, 0.05) is 17.2 Å². The van der Waals surface area contributed by atoms with Gasteiger partial charge in [0.1, 0.15) is 11.4 Å². The number of nitro benzene ring substituents is 1. The number of halogens is 3. The molecule has 0 saturated carbocycles. The molecule has 0 amide bonds. The van der Waals surface area contributed by atoms with Gasteiger partial charge in [-0.3, -0.25) is 10.1 Å². The van der Waals surface area contributed by atoms with Gasteiger partial charge in [-0.1, -0.05) is 40.9 Å². The maximum atomic E-state index is 10.9. The lowest BCUT2D eigenvalue weighted by Crippen LogP contribution is -2.01. The Morgan fingerprint density at radius 1 is 1.07 bits per heavy atom. The maximum absolute atomic E-state index is 10.9. The summed E-state index contributed by atoms with van der Waals surface area (Å²) >= 11 is 18.5. The Labute approximate surface area is 169 Å². The Bertz CT molecular complexity index is 1060. The van der Waals surface area contributed by atoms with Crippen LogP contribution in [-0.2, 0) is 0 Å². The molecule has 0 N–H and O–H groups in total. The third-order valence-electron chi connectivity index (χ3n) is 3.75. The SMILES string of the molecule is Cc1nn(-c2c(Cl)cc(Cl)cc2Cl)c(C)c1N=Nc1cccc([N+](=O)[O-])c1. The van der Waals surface area contributed by atoms with Crippen molar-refractivity contribution in [1.29, 1.82) is 0 Å². The van der Waals surface area contributed by atoms with Gasteiger partial charge in [0.2, 0.25) is 0 Å². The molecule has 7 nitrogen and oxygen atoms in total. The second kappa shape index (κ2) is 7.64. The normalized spacial score (nSPS) is 11.3. The van der Waals surface area contributed by atoms with Crippen LogP contribution in [0.5, 0.6) is 0 Å². The van der Waals surface area contributed by atoms with Crippen molar-refractivity contribution >= 4 is 51.9 Å². The van der Waals surface area contributed by atoms with Crippen molar-refractivity contribution in [3.8, 4) is 5.69 Å². The van der Waals surface area contributed by atoms with E-state index in [-0.39, 0.29) is 5.69 Å². The molecule has 138 valence electrons. The lowest BCUT2D eigenvalue weighted by atomic mass is 10.3.